The lowest BCUT2D eigenvalue weighted by atomic mass is 10.0. The highest BCUT2D eigenvalue weighted by Gasteiger charge is 2.29. The van der Waals surface area contributed by atoms with Crippen LogP contribution in [-0.2, 0) is 0 Å². The highest BCUT2D eigenvalue weighted by Crippen LogP contribution is 2.28. The molecule has 1 amide bonds. The quantitative estimate of drug-likeness (QED) is 0.627. The smallest absolute Gasteiger partial charge is 0.257 e. The Morgan fingerprint density at radius 1 is 1.28 bits per heavy atom. The van der Waals surface area contributed by atoms with Crippen molar-refractivity contribution in [1.29, 1.82) is 0 Å². The zero-order chi connectivity index (χ0) is 20.4. The van der Waals surface area contributed by atoms with Crippen molar-refractivity contribution in [3.63, 3.8) is 0 Å². The Hall–Kier alpha value is -2.80. The minimum absolute atomic E-state index is 0.0731. The van der Waals surface area contributed by atoms with Crippen LogP contribution in [0.5, 0.6) is 5.88 Å². The van der Waals surface area contributed by atoms with Gasteiger partial charge in [0.05, 0.1) is 23.3 Å². The Bertz CT molecular complexity index is 1020. The van der Waals surface area contributed by atoms with E-state index in [0.717, 1.165) is 24.0 Å². The number of hydrogen-bond donors (Lipinski definition) is 0. The molecular weight excluding hydrogens is 389 g/mol. The Morgan fingerprint density at radius 3 is 2.93 bits per heavy atom. The van der Waals surface area contributed by atoms with E-state index in [1.165, 1.54) is 17.4 Å². The first-order valence-electron chi connectivity index (χ1n) is 9.60. The van der Waals surface area contributed by atoms with Crippen LogP contribution in [0.2, 0.25) is 0 Å². The number of aryl methyl sites for hydroxylation is 1. The summed E-state index contributed by atoms with van der Waals surface area (Å²) in [6.45, 7) is 4.96. The number of halogens is 1. The molecule has 1 saturated heterocycles. The lowest BCUT2D eigenvalue weighted by molar-refractivity contribution is 0.0522. The molecule has 3 heterocycles. The fourth-order valence-corrected chi connectivity index (χ4v) is 4.11. The van der Waals surface area contributed by atoms with E-state index < -0.39 is 5.82 Å². The van der Waals surface area contributed by atoms with Gasteiger partial charge in [-0.15, -0.1) is 11.3 Å². The molecule has 5 nitrogen and oxygen atoms in total. The molecule has 2 aromatic heterocycles. The third kappa shape index (κ3) is 4.00. The van der Waals surface area contributed by atoms with E-state index in [9.17, 15) is 9.18 Å². The first-order valence-corrected chi connectivity index (χ1v) is 10.5. The molecule has 4 rings (SSSR count). The van der Waals surface area contributed by atoms with Crippen LogP contribution in [0.3, 0.4) is 0 Å². The summed E-state index contributed by atoms with van der Waals surface area (Å²) in [5.74, 6) is -0.258. The Balaban J connectivity index is 1.56. The van der Waals surface area contributed by atoms with Crippen molar-refractivity contribution in [2.24, 2.45) is 0 Å². The molecule has 0 radical (unpaired) electrons. The molecule has 29 heavy (non-hydrogen) atoms. The van der Waals surface area contributed by atoms with E-state index in [1.807, 2.05) is 25.3 Å². The van der Waals surface area contributed by atoms with Gasteiger partial charge in [-0.2, -0.15) is 0 Å². The van der Waals surface area contributed by atoms with E-state index in [-0.39, 0.29) is 17.6 Å². The highest BCUT2D eigenvalue weighted by molar-refractivity contribution is 7.07. The number of amides is 1. The van der Waals surface area contributed by atoms with Gasteiger partial charge < -0.3 is 9.64 Å². The van der Waals surface area contributed by atoms with Crippen LogP contribution < -0.4 is 4.74 Å². The summed E-state index contributed by atoms with van der Waals surface area (Å²) in [4.78, 5) is 23.5. The largest absolute Gasteiger partial charge is 0.472 e. The van der Waals surface area contributed by atoms with Gasteiger partial charge in [0.25, 0.3) is 5.91 Å². The van der Waals surface area contributed by atoms with Crippen LogP contribution in [-0.4, -0.2) is 40.0 Å². The summed E-state index contributed by atoms with van der Waals surface area (Å²) in [6.07, 6.45) is 3.18. The number of carbonyl (C=O) groups is 1. The average molecular weight is 412 g/mol. The molecule has 1 aliphatic rings. The van der Waals surface area contributed by atoms with Crippen molar-refractivity contribution < 1.29 is 13.9 Å². The Kier molecular flexibility index (Phi) is 5.58. The maximum atomic E-state index is 14.7. The van der Waals surface area contributed by atoms with Crippen LogP contribution >= 0.6 is 11.3 Å². The highest BCUT2D eigenvalue weighted by atomic mass is 32.1. The number of nitrogens with zero attached hydrogens (tertiary/aromatic N) is 3. The molecule has 0 spiro atoms. The van der Waals surface area contributed by atoms with Gasteiger partial charge in [0.2, 0.25) is 5.88 Å². The zero-order valence-electron chi connectivity index (χ0n) is 16.4. The third-order valence-corrected chi connectivity index (χ3v) is 5.89. The fraction of sp³-hybridized carbons (Fsp3) is 0.318. The van der Waals surface area contributed by atoms with Gasteiger partial charge in [-0.1, -0.05) is 12.1 Å². The second-order valence-corrected chi connectivity index (χ2v) is 7.95. The van der Waals surface area contributed by atoms with Gasteiger partial charge >= 0.3 is 0 Å². The lowest BCUT2D eigenvalue weighted by Crippen LogP contribution is -2.45. The van der Waals surface area contributed by atoms with E-state index >= 15 is 0 Å². The Morgan fingerprint density at radius 2 is 2.14 bits per heavy atom. The number of benzene rings is 1. The molecule has 0 bridgehead atoms. The van der Waals surface area contributed by atoms with Crippen molar-refractivity contribution in [2.75, 3.05) is 13.1 Å². The minimum Gasteiger partial charge on any atom is -0.472 e. The van der Waals surface area contributed by atoms with Gasteiger partial charge in [-0.25, -0.2) is 14.4 Å². The van der Waals surface area contributed by atoms with Crippen LogP contribution in [0.4, 0.5) is 4.39 Å². The molecule has 1 aliphatic heterocycles. The van der Waals surface area contributed by atoms with E-state index in [4.69, 9.17) is 4.74 Å². The first kappa shape index (κ1) is 19.5. The predicted molar refractivity (Wildman–Crippen MR) is 111 cm³/mol. The number of aromatic nitrogens is 2. The predicted octanol–water partition coefficient (Wildman–Crippen LogP) is 4.64. The standard InChI is InChI=1S/C22H22FN3O2S/c1-14-8-9-24-21(15(14)2)28-16-5-4-10-26(11-16)22(27)20-17(6-3-7-18(20)23)19-12-29-13-25-19/h3,6-9,12-13,16H,4-5,10-11H2,1-2H3/t16-/m1/s1. The maximum absolute atomic E-state index is 14.7. The number of likely N-dealkylation sites (tertiary alicyclic amines) is 1. The number of thiazole rings is 1. The summed E-state index contributed by atoms with van der Waals surface area (Å²) in [7, 11) is 0. The monoisotopic (exact) mass is 411 g/mol. The van der Waals surface area contributed by atoms with Gasteiger partial charge in [0, 0.05) is 29.2 Å². The number of rotatable bonds is 4. The van der Waals surface area contributed by atoms with Gasteiger partial charge in [-0.05, 0) is 44.4 Å². The first-order chi connectivity index (χ1) is 14.0. The molecule has 0 saturated carbocycles. The van der Waals surface area contributed by atoms with Crippen molar-refractivity contribution in [2.45, 2.75) is 32.8 Å². The molecule has 0 N–H and O–H groups in total. The number of ether oxygens (including phenoxy) is 1. The van der Waals surface area contributed by atoms with Gasteiger partial charge in [-0.3, -0.25) is 4.79 Å². The van der Waals surface area contributed by atoms with Crippen LogP contribution in [0, 0.1) is 19.7 Å². The van der Waals surface area contributed by atoms with E-state index in [1.54, 1.807) is 28.7 Å². The molecule has 1 fully saturated rings. The fourth-order valence-electron chi connectivity index (χ4n) is 3.56. The summed E-state index contributed by atoms with van der Waals surface area (Å²) >= 11 is 1.41. The molecule has 0 unspecified atom stereocenters. The SMILES string of the molecule is Cc1ccnc(O[C@@H]2CCCN(C(=O)c3c(F)cccc3-c3cscn3)C2)c1C. The second-order valence-electron chi connectivity index (χ2n) is 7.23. The molecular formula is C22H22FN3O2S. The number of pyridine rings is 1. The van der Waals surface area contributed by atoms with Gasteiger partial charge in [0.15, 0.2) is 0 Å². The van der Waals surface area contributed by atoms with Gasteiger partial charge in [0.1, 0.15) is 11.9 Å². The Labute approximate surface area is 173 Å². The molecule has 1 atom stereocenters. The van der Waals surface area contributed by atoms with E-state index in [0.29, 0.717) is 30.2 Å². The summed E-state index contributed by atoms with van der Waals surface area (Å²) in [5.41, 5.74) is 4.99. The topological polar surface area (TPSA) is 55.3 Å². The molecule has 150 valence electrons. The van der Waals surface area contributed by atoms with E-state index in [2.05, 4.69) is 9.97 Å². The lowest BCUT2D eigenvalue weighted by Gasteiger charge is -2.33. The molecule has 0 aliphatic carbocycles. The van der Waals surface area contributed by atoms with Crippen molar-refractivity contribution >= 4 is 17.2 Å². The number of carbonyl (C=O) groups excluding carboxylic acids is 1. The van der Waals surface area contributed by atoms with Crippen molar-refractivity contribution in [1.82, 2.24) is 14.9 Å². The molecule has 1 aromatic carbocycles. The number of piperidine rings is 1. The molecule has 7 heteroatoms. The maximum Gasteiger partial charge on any atom is 0.257 e. The van der Waals surface area contributed by atoms with Crippen molar-refractivity contribution in [3.05, 3.63) is 63.9 Å². The summed E-state index contributed by atoms with van der Waals surface area (Å²) < 4.78 is 20.8. The van der Waals surface area contributed by atoms with Crippen molar-refractivity contribution in [3.8, 4) is 17.1 Å². The molecule has 3 aromatic rings. The number of hydrogen-bond acceptors (Lipinski definition) is 5. The summed E-state index contributed by atoms with van der Waals surface area (Å²) in [5, 5.41) is 1.82. The zero-order valence-corrected chi connectivity index (χ0v) is 17.2. The average Bonchev–Trinajstić information content (AvgIpc) is 3.26. The second kappa shape index (κ2) is 8.29. The third-order valence-electron chi connectivity index (χ3n) is 5.31. The van der Waals surface area contributed by atoms with Crippen LogP contribution in [0.1, 0.15) is 34.3 Å². The van der Waals surface area contributed by atoms with Crippen LogP contribution in [0.25, 0.3) is 11.3 Å². The summed E-state index contributed by atoms with van der Waals surface area (Å²) in [6, 6.07) is 6.61. The minimum atomic E-state index is -0.528. The van der Waals surface area contributed by atoms with Crippen LogP contribution in [0.15, 0.2) is 41.4 Å². The normalized spacial score (nSPS) is 16.7.